The summed E-state index contributed by atoms with van der Waals surface area (Å²) < 4.78 is 12.0. The van der Waals surface area contributed by atoms with Gasteiger partial charge >= 0.3 is 0 Å². The number of nitrogens with zero attached hydrogens (tertiary/aromatic N) is 1. The van der Waals surface area contributed by atoms with Gasteiger partial charge in [0.05, 0.1) is 16.7 Å². The van der Waals surface area contributed by atoms with Crippen molar-refractivity contribution in [2.45, 2.75) is 6.23 Å². The zero-order valence-electron chi connectivity index (χ0n) is 24.2. The van der Waals surface area contributed by atoms with Gasteiger partial charge in [-0.15, -0.1) is 11.3 Å². The van der Waals surface area contributed by atoms with Gasteiger partial charge in [-0.05, 0) is 52.9 Å². The van der Waals surface area contributed by atoms with Crippen LogP contribution in [0.1, 0.15) is 11.8 Å². The summed E-state index contributed by atoms with van der Waals surface area (Å²) in [6.45, 7) is 0. The molecule has 0 fully saturated rings. The molecule has 0 aliphatic carbocycles. The average molecular weight is 595 g/mol. The Kier molecular flexibility index (Phi) is 5.22. The Labute approximate surface area is 263 Å². The summed E-state index contributed by atoms with van der Waals surface area (Å²) in [6, 6.07) is 52.2. The van der Waals surface area contributed by atoms with Crippen molar-refractivity contribution in [2.75, 3.05) is 5.32 Å². The second kappa shape index (κ2) is 9.46. The number of para-hydroxylation sites is 2. The summed E-state index contributed by atoms with van der Waals surface area (Å²) in [6.07, 6.45) is -0.333. The van der Waals surface area contributed by atoms with Gasteiger partial charge in [0.15, 0.2) is 12.0 Å². The number of ether oxygens (including phenoxy) is 1. The maximum absolute atomic E-state index is 7.03. The molecule has 1 atom stereocenters. The lowest BCUT2D eigenvalue weighted by Gasteiger charge is -2.16. The molecule has 45 heavy (non-hydrogen) atoms. The second-order valence-corrected chi connectivity index (χ2v) is 12.8. The second-order valence-electron chi connectivity index (χ2n) is 11.7. The quantitative estimate of drug-likeness (QED) is 0.220. The van der Waals surface area contributed by atoms with Crippen molar-refractivity contribution in [2.24, 2.45) is 0 Å². The first-order valence-electron chi connectivity index (χ1n) is 15.3. The van der Waals surface area contributed by atoms with Gasteiger partial charge in [-0.2, -0.15) is 0 Å². The van der Waals surface area contributed by atoms with E-state index in [-0.39, 0.29) is 6.23 Å². The number of thiophene rings is 1. The maximum atomic E-state index is 7.03. The monoisotopic (exact) mass is 594 g/mol. The van der Waals surface area contributed by atoms with Crippen LogP contribution < -0.4 is 10.1 Å². The maximum Gasteiger partial charge on any atom is 0.197 e. The van der Waals surface area contributed by atoms with Gasteiger partial charge in [0.25, 0.3) is 0 Å². The Hall–Kier alpha value is -5.58. The molecule has 2 aromatic heterocycles. The normalized spacial score (nSPS) is 14.4. The Morgan fingerprint density at radius 3 is 2.22 bits per heavy atom. The molecule has 9 aromatic rings. The SMILES string of the molecule is c1ccc(-c2cccc3c2sc2ccc4c(c23)OC(c2cc3ccccc3c3c2c2ccccc2n3-c2ccccc2)N4)cc1. The van der Waals surface area contributed by atoms with Crippen LogP contribution in [0.5, 0.6) is 5.75 Å². The van der Waals surface area contributed by atoms with Crippen LogP contribution in [0, 0.1) is 0 Å². The number of benzene rings is 7. The number of hydrogen-bond acceptors (Lipinski definition) is 3. The van der Waals surface area contributed by atoms with Gasteiger partial charge in [0.2, 0.25) is 0 Å². The highest BCUT2D eigenvalue weighted by molar-refractivity contribution is 7.26. The molecule has 212 valence electrons. The molecule has 0 saturated heterocycles. The van der Waals surface area contributed by atoms with Gasteiger partial charge in [-0.25, -0.2) is 0 Å². The molecule has 0 bridgehead atoms. The Morgan fingerprint density at radius 1 is 0.622 bits per heavy atom. The smallest absolute Gasteiger partial charge is 0.197 e. The van der Waals surface area contributed by atoms with Gasteiger partial charge in [-0.1, -0.05) is 109 Å². The molecule has 10 rings (SSSR count). The highest BCUT2D eigenvalue weighted by Gasteiger charge is 2.31. The van der Waals surface area contributed by atoms with Crippen LogP contribution in [0.25, 0.3) is 69.6 Å². The van der Waals surface area contributed by atoms with E-state index in [1.165, 1.54) is 63.9 Å². The van der Waals surface area contributed by atoms with Crippen LogP contribution in [0.4, 0.5) is 5.69 Å². The summed E-state index contributed by atoms with van der Waals surface area (Å²) in [4.78, 5) is 0. The molecule has 3 heterocycles. The van der Waals surface area contributed by atoms with Crippen molar-refractivity contribution in [3.8, 4) is 22.6 Å². The number of fused-ring (bicyclic) bond motifs is 10. The van der Waals surface area contributed by atoms with E-state index >= 15 is 0 Å². The standard InChI is InChI=1S/C41H26N2OS/c1-3-12-25(13-4-1)29-19-11-20-31-37-35(45-40(29)31)23-22-33-39(37)44-41(42-33)32-24-26-14-7-8-17-28(26)38-36(32)30-18-9-10-21-34(30)43(38)27-15-5-2-6-16-27/h1-24,41-42H. The Bertz CT molecular complexity index is 2600. The van der Waals surface area contributed by atoms with Gasteiger partial charge in [0, 0.05) is 47.6 Å². The van der Waals surface area contributed by atoms with E-state index in [1.54, 1.807) is 0 Å². The lowest BCUT2D eigenvalue weighted by atomic mass is 9.99. The first kappa shape index (κ1) is 24.8. The molecule has 0 saturated carbocycles. The fourth-order valence-electron chi connectivity index (χ4n) is 7.29. The molecule has 4 heteroatoms. The third-order valence-corrected chi connectivity index (χ3v) is 10.4. The minimum Gasteiger partial charge on any atom is -0.464 e. The van der Waals surface area contributed by atoms with Crippen molar-refractivity contribution < 1.29 is 4.74 Å². The Balaban J connectivity index is 1.22. The van der Waals surface area contributed by atoms with Crippen LogP contribution in [-0.4, -0.2) is 4.57 Å². The molecule has 0 amide bonds. The topological polar surface area (TPSA) is 26.2 Å². The van der Waals surface area contributed by atoms with Crippen LogP contribution in [0.15, 0.2) is 146 Å². The van der Waals surface area contributed by atoms with Crippen molar-refractivity contribution in [3.05, 3.63) is 151 Å². The third-order valence-electron chi connectivity index (χ3n) is 9.21. The van der Waals surface area contributed by atoms with E-state index in [2.05, 4.69) is 155 Å². The molecule has 0 spiro atoms. The first-order chi connectivity index (χ1) is 22.3. The lowest BCUT2D eigenvalue weighted by molar-refractivity contribution is 0.264. The number of aromatic nitrogens is 1. The van der Waals surface area contributed by atoms with Crippen LogP contribution in [0.2, 0.25) is 0 Å². The number of rotatable bonds is 3. The minimum atomic E-state index is -0.333. The van der Waals surface area contributed by atoms with Crippen molar-refractivity contribution >= 4 is 69.8 Å². The van der Waals surface area contributed by atoms with Crippen LogP contribution >= 0.6 is 11.3 Å². The fraction of sp³-hybridized carbons (Fsp3) is 0.0244. The summed E-state index contributed by atoms with van der Waals surface area (Å²) in [5, 5.41) is 11.1. The highest BCUT2D eigenvalue weighted by Crippen LogP contribution is 2.51. The summed E-state index contributed by atoms with van der Waals surface area (Å²) in [7, 11) is 0. The highest BCUT2D eigenvalue weighted by atomic mass is 32.1. The van der Waals surface area contributed by atoms with Crippen molar-refractivity contribution in [1.82, 2.24) is 4.57 Å². The van der Waals surface area contributed by atoms with E-state index in [1.807, 2.05) is 11.3 Å². The van der Waals surface area contributed by atoms with Crippen molar-refractivity contribution in [3.63, 3.8) is 0 Å². The predicted molar refractivity (Wildman–Crippen MR) is 190 cm³/mol. The van der Waals surface area contributed by atoms with E-state index in [0.717, 1.165) is 22.7 Å². The van der Waals surface area contributed by atoms with Crippen LogP contribution in [0.3, 0.4) is 0 Å². The molecule has 7 aromatic carbocycles. The lowest BCUT2D eigenvalue weighted by Crippen LogP contribution is -2.11. The molecule has 1 aliphatic heterocycles. The average Bonchev–Trinajstić information content (AvgIpc) is 3.80. The van der Waals surface area contributed by atoms with Gasteiger partial charge in [-0.3, -0.25) is 0 Å². The van der Waals surface area contributed by atoms with Gasteiger partial charge in [0.1, 0.15) is 0 Å². The summed E-state index contributed by atoms with van der Waals surface area (Å²) >= 11 is 1.84. The van der Waals surface area contributed by atoms with E-state index in [0.29, 0.717) is 0 Å². The number of anilines is 1. The summed E-state index contributed by atoms with van der Waals surface area (Å²) in [5.74, 6) is 0.932. The molecule has 0 radical (unpaired) electrons. The molecular formula is C41H26N2OS. The van der Waals surface area contributed by atoms with Crippen LogP contribution in [-0.2, 0) is 0 Å². The molecular weight excluding hydrogens is 569 g/mol. The van der Waals surface area contributed by atoms with Crippen molar-refractivity contribution in [1.29, 1.82) is 0 Å². The predicted octanol–water partition coefficient (Wildman–Crippen LogP) is 11.5. The number of hydrogen-bond donors (Lipinski definition) is 1. The molecule has 1 unspecified atom stereocenters. The molecule has 1 aliphatic rings. The van der Waals surface area contributed by atoms with E-state index in [9.17, 15) is 0 Å². The fourth-order valence-corrected chi connectivity index (χ4v) is 8.52. The molecule has 3 nitrogen and oxygen atoms in total. The largest absolute Gasteiger partial charge is 0.464 e. The molecule has 1 N–H and O–H groups in total. The first-order valence-corrected chi connectivity index (χ1v) is 16.1. The summed E-state index contributed by atoms with van der Waals surface area (Å²) in [5.41, 5.74) is 8.21. The third kappa shape index (κ3) is 3.57. The minimum absolute atomic E-state index is 0.333. The van der Waals surface area contributed by atoms with Gasteiger partial charge < -0.3 is 14.6 Å². The van der Waals surface area contributed by atoms with E-state index < -0.39 is 0 Å². The van der Waals surface area contributed by atoms with E-state index in [4.69, 9.17) is 4.74 Å². The zero-order valence-corrected chi connectivity index (χ0v) is 25.0. The number of nitrogens with one attached hydrogen (secondary N) is 1. The zero-order chi connectivity index (χ0) is 29.5. The Morgan fingerprint density at radius 2 is 1.36 bits per heavy atom.